The average molecular weight is 342 g/mol. The van der Waals surface area contributed by atoms with Crippen LogP contribution in [0.2, 0.25) is 10.0 Å². The predicted molar refractivity (Wildman–Crippen MR) is 86.2 cm³/mol. The van der Waals surface area contributed by atoms with Gasteiger partial charge in [-0.1, -0.05) is 23.2 Å². The van der Waals surface area contributed by atoms with Crippen LogP contribution in [0.15, 0.2) is 30.6 Å². The zero-order chi connectivity index (χ0) is 15.9. The van der Waals surface area contributed by atoms with Crippen LogP contribution in [-0.2, 0) is 18.4 Å². The van der Waals surface area contributed by atoms with Crippen LogP contribution < -0.4 is 10.1 Å². The van der Waals surface area contributed by atoms with Crippen LogP contribution in [0.3, 0.4) is 0 Å². The maximum atomic E-state index is 11.7. The monoisotopic (exact) mass is 341 g/mol. The van der Waals surface area contributed by atoms with E-state index in [-0.39, 0.29) is 5.91 Å². The number of aryl methyl sites for hydroxylation is 1. The number of carbonyl (C=O) groups is 1. The SMILES string of the molecule is Cn1ccnc1CNC(=O)CCCOc1ccc(Cl)cc1Cl. The molecule has 0 spiro atoms. The number of benzene rings is 1. The van der Waals surface area contributed by atoms with E-state index in [0.29, 0.717) is 41.8 Å². The van der Waals surface area contributed by atoms with Crippen molar-refractivity contribution in [3.63, 3.8) is 0 Å². The van der Waals surface area contributed by atoms with Crippen LogP contribution in [0.5, 0.6) is 5.75 Å². The Hall–Kier alpha value is -1.72. The van der Waals surface area contributed by atoms with Crippen LogP contribution in [0.25, 0.3) is 0 Å². The van der Waals surface area contributed by atoms with E-state index in [0.717, 1.165) is 5.82 Å². The smallest absolute Gasteiger partial charge is 0.220 e. The molecule has 0 saturated heterocycles. The molecule has 0 unspecified atom stereocenters. The van der Waals surface area contributed by atoms with Crippen molar-refractivity contribution in [2.75, 3.05) is 6.61 Å². The largest absolute Gasteiger partial charge is 0.492 e. The van der Waals surface area contributed by atoms with E-state index in [9.17, 15) is 4.79 Å². The Morgan fingerprint density at radius 1 is 1.41 bits per heavy atom. The molecule has 1 aromatic heterocycles. The summed E-state index contributed by atoms with van der Waals surface area (Å²) < 4.78 is 7.39. The molecule has 0 aliphatic carbocycles. The molecule has 2 rings (SSSR count). The molecule has 7 heteroatoms. The first kappa shape index (κ1) is 16.6. The third kappa shape index (κ3) is 4.93. The Morgan fingerprint density at radius 3 is 2.91 bits per heavy atom. The summed E-state index contributed by atoms with van der Waals surface area (Å²) in [6.45, 7) is 0.837. The number of nitrogens with zero attached hydrogens (tertiary/aromatic N) is 2. The van der Waals surface area contributed by atoms with Gasteiger partial charge in [0.15, 0.2) is 0 Å². The molecular formula is C15H17Cl2N3O2. The second-order valence-corrected chi connectivity index (χ2v) is 5.60. The van der Waals surface area contributed by atoms with Crippen molar-refractivity contribution in [1.29, 1.82) is 0 Å². The minimum Gasteiger partial charge on any atom is -0.492 e. The van der Waals surface area contributed by atoms with Gasteiger partial charge in [0.1, 0.15) is 11.6 Å². The van der Waals surface area contributed by atoms with Crippen LogP contribution in [-0.4, -0.2) is 22.1 Å². The number of ether oxygens (including phenoxy) is 1. The normalized spacial score (nSPS) is 10.5. The molecule has 0 atom stereocenters. The van der Waals surface area contributed by atoms with Gasteiger partial charge in [-0.05, 0) is 24.6 Å². The van der Waals surface area contributed by atoms with Gasteiger partial charge in [0, 0.05) is 30.9 Å². The van der Waals surface area contributed by atoms with Crippen LogP contribution in [0.4, 0.5) is 0 Å². The number of hydrogen-bond donors (Lipinski definition) is 1. The first-order chi connectivity index (χ1) is 10.6. The third-order valence-electron chi connectivity index (χ3n) is 3.06. The molecular weight excluding hydrogens is 325 g/mol. The highest BCUT2D eigenvalue weighted by molar-refractivity contribution is 6.35. The van der Waals surface area contributed by atoms with Gasteiger partial charge in [0.2, 0.25) is 5.91 Å². The summed E-state index contributed by atoms with van der Waals surface area (Å²) in [5, 5.41) is 3.85. The lowest BCUT2D eigenvalue weighted by Crippen LogP contribution is -2.24. The van der Waals surface area contributed by atoms with E-state index in [4.69, 9.17) is 27.9 Å². The molecule has 22 heavy (non-hydrogen) atoms. The fourth-order valence-electron chi connectivity index (χ4n) is 1.84. The van der Waals surface area contributed by atoms with E-state index in [1.54, 1.807) is 24.4 Å². The number of amides is 1. The summed E-state index contributed by atoms with van der Waals surface area (Å²) in [6, 6.07) is 5.05. The van der Waals surface area contributed by atoms with Crippen molar-refractivity contribution in [1.82, 2.24) is 14.9 Å². The first-order valence-electron chi connectivity index (χ1n) is 6.87. The van der Waals surface area contributed by atoms with E-state index in [1.807, 2.05) is 17.8 Å². The van der Waals surface area contributed by atoms with Gasteiger partial charge < -0.3 is 14.6 Å². The van der Waals surface area contributed by atoms with Crippen molar-refractivity contribution in [3.8, 4) is 5.75 Å². The Balaban J connectivity index is 1.66. The quantitative estimate of drug-likeness (QED) is 0.786. The average Bonchev–Trinajstić information content (AvgIpc) is 2.88. The fourth-order valence-corrected chi connectivity index (χ4v) is 2.30. The molecule has 0 fully saturated rings. The minimum atomic E-state index is -0.0335. The lowest BCUT2D eigenvalue weighted by molar-refractivity contribution is -0.121. The van der Waals surface area contributed by atoms with Crippen LogP contribution in [0, 0.1) is 0 Å². The summed E-state index contributed by atoms with van der Waals surface area (Å²) in [5.41, 5.74) is 0. The van der Waals surface area contributed by atoms with Crippen molar-refractivity contribution in [3.05, 3.63) is 46.5 Å². The summed E-state index contributed by atoms with van der Waals surface area (Å²) in [7, 11) is 1.89. The number of nitrogens with one attached hydrogen (secondary N) is 1. The van der Waals surface area contributed by atoms with Gasteiger partial charge in [-0.15, -0.1) is 0 Å². The molecule has 1 amide bonds. The molecule has 118 valence electrons. The summed E-state index contributed by atoms with van der Waals surface area (Å²) in [5.74, 6) is 1.35. The minimum absolute atomic E-state index is 0.0335. The van der Waals surface area contributed by atoms with E-state index < -0.39 is 0 Å². The van der Waals surface area contributed by atoms with E-state index in [2.05, 4.69) is 10.3 Å². The molecule has 2 aromatic rings. The Kier molecular flexibility index (Phi) is 6.10. The van der Waals surface area contributed by atoms with E-state index >= 15 is 0 Å². The standard InChI is InChI=1S/C15H17Cl2N3O2/c1-20-7-6-18-14(20)10-19-15(21)3-2-8-22-13-5-4-11(16)9-12(13)17/h4-7,9H,2-3,8,10H2,1H3,(H,19,21). The maximum absolute atomic E-state index is 11.7. The summed E-state index contributed by atoms with van der Waals surface area (Å²) in [4.78, 5) is 15.9. The number of imidazole rings is 1. The van der Waals surface area contributed by atoms with Gasteiger partial charge in [-0.25, -0.2) is 4.98 Å². The highest BCUT2D eigenvalue weighted by Gasteiger charge is 2.05. The first-order valence-corrected chi connectivity index (χ1v) is 7.62. The van der Waals surface area contributed by atoms with Gasteiger partial charge >= 0.3 is 0 Å². The van der Waals surface area contributed by atoms with Crippen LogP contribution in [0.1, 0.15) is 18.7 Å². The molecule has 1 heterocycles. The Bertz CT molecular complexity index is 643. The number of carbonyl (C=O) groups excluding carboxylic acids is 1. The number of rotatable bonds is 7. The third-order valence-corrected chi connectivity index (χ3v) is 3.59. The summed E-state index contributed by atoms with van der Waals surface area (Å²) >= 11 is 11.8. The number of aromatic nitrogens is 2. The molecule has 0 radical (unpaired) electrons. The van der Waals surface area contributed by atoms with Gasteiger partial charge in [0.25, 0.3) is 0 Å². The fraction of sp³-hybridized carbons (Fsp3) is 0.333. The zero-order valence-electron chi connectivity index (χ0n) is 12.2. The highest BCUT2D eigenvalue weighted by atomic mass is 35.5. The van der Waals surface area contributed by atoms with E-state index in [1.165, 1.54) is 0 Å². The second-order valence-electron chi connectivity index (χ2n) is 4.76. The van der Waals surface area contributed by atoms with Gasteiger partial charge in [-0.3, -0.25) is 4.79 Å². The topological polar surface area (TPSA) is 56.2 Å². The molecule has 1 aromatic carbocycles. The van der Waals surface area contributed by atoms with Crippen molar-refractivity contribution in [2.45, 2.75) is 19.4 Å². The Morgan fingerprint density at radius 2 is 2.23 bits per heavy atom. The zero-order valence-corrected chi connectivity index (χ0v) is 13.7. The lowest BCUT2D eigenvalue weighted by Gasteiger charge is -2.08. The van der Waals surface area contributed by atoms with Crippen molar-refractivity contribution in [2.24, 2.45) is 7.05 Å². The molecule has 5 nitrogen and oxygen atoms in total. The Labute approximate surface area is 139 Å². The summed E-state index contributed by atoms with van der Waals surface area (Å²) in [6.07, 6.45) is 4.53. The van der Waals surface area contributed by atoms with Crippen LogP contribution >= 0.6 is 23.2 Å². The molecule has 0 aliphatic rings. The van der Waals surface area contributed by atoms with Crippen molar-refractivity contribution >= 4 is 29.1 Å². The predicted octanol–water partition coefficient (Wildman–Crippen LogP) is 3.20. The highest BCUT2D eigenvalue weighted by Crippen LogP contribution is 2.27. The van der Waals surface area contributed by atoms with Gasteiger partial charge in [-0.2, -0.15) is 0 Å². The molecule has 1 N–H and O–H groups in total. The lowest BCUT2D eigenvalue weighted by atomic mass is 10.3. The number of hydrogen-bond acceptors (Lipinski definition) is 3. The second kappa shape index (κ2) is 8.06. The number of halogens is 2. The van der Waals surface area contributed by atoms with Gasteiger partial charge in [0.05, 0.1) is 18.2 Å². The molecule has 0 bridgehead atoms. The molecule has 0 aliphatic heterocycles. The molecule has 0 saturated carbocycles. The van der Waals surface area contributed by atoms with Crippen molar-refractivity contribution < 1.29 is 9.53 Å². The maximum Gasteiger partial charge on any atom is 0.220 e.